The maximum absolute atomic E-state index is 12.4. The summed E-state index contributed by atoms with van der Waals surface area (Å²) in [6, 6.07) is 4.41. The SMILES string of the molecule is CCCC(C)(C)NC(=O)c1cc(S(=O)(=O)Cl)ccc1CC. The van der Waals surface area contributed by atoms with Gasteiger partial charge >= 0.3 is 0 Å². The minimum atomic E-state index is -3.85. The van der Waals surface area contributed by atoms with Gasteiger partial charge in [0.2, 0.25) is 0 Å². The molecule has 0 aliphatic heterocycles. The third-order valence-corrected chi connectivity index (χ3v) is 4.67. The summed E-state index contributed by atoms with van der Waals surface area (Å²) >= 11 is 0. The van der Waals surface area contributed by atoms with Gasteiger partial charge in [-0.25, -0.2) is 8.42 Å². The summed E-state index contributed by atoms with van der Waals surface area (Å²) in [6.45, 7) is 7.86. The molecule has 0 bridgehead atoms. The lowest BCUT2D eigenvalue weighted by atomic mass is 9.97. The number of carbonyl (C=O) groups excluding carboxylic acids is 1. The van der Waals surface area contributed by atoms with E-state index in [0.717, 1.165) is 18.4 Å². The van der Waals surface area contributed by atoms with Crippen LogP contribution in [-0.4, -0.2) is 19.9 Å². The van der Waals surface area contributed by atoms with Crippen LogP contribution in [0.1, 0.15) is 56.5 Å². The monoisotopic (exact) mass is 331 g/mol. The molecule has 0 saturated carbocycles. The minimum absolute atomic E-state index is 0.0557. The largest absolute Gasteiger partial charge is 0.347 e. The molecule has 1 aromatic carbocycles. The third-order valence-electron chi connectivity index (χ3n) is 3.32. The molecule has 0 atom stereocenters. The Morgan fingerprint density at radius 1 is 1.29 bits per heavy atom. The van der Waals surface area contributed by atoms with E-state index in [-0.39, 0.29) is 16.3 Å². The number of nitrogens with one attached hydrogen (secondary N) is 1. The summed E-state index contributed by atoms with van der Waals surface area (Å²) in [5.41, 5.74) is 0.819. The van der Waals surface area contributed by atoms with Crippen molar-refractivity contribution in [1.29, 1.82) is 0 Å². The molecule has 0 fully saturated rings. The Kier molecular flexibility index (Phi) is 5.82. The van der Waals surface area contributed by atoms with Crippen LogP contribution in [0.3, 0.4) is 0 Å². The molecule has 1 rings (SSSR count). The number of hydrogen-bond acceptors (Lipinski definition) is 3. The molecule has 0 spiro atoms. The van der Waals surface area contributed by atoms with E-state index in [9.17, 15) is 13.2 Å². The normalized spacial score (nSPS) is 12.2. The van der Waals surface area contributed by atoms with Crippen molar-refractivity contribution in [2.45, 2.75) is 57.4 Å². The molecule has 0 radical (unpaired) electrons. The van der Waals surface area contributed by atoms with Gasteiger partial charge in [0.25, 0.3) is 15.0 Å². The Morgan fingerprint density at radius 3 is 2.38 bits per heavy atom. The molecular formula is C15H22ClNO3S. The maximum Gasteiger partial charge on any atom is 0.261 e. The first-order chi connectivity index (χ1) is 9.60. The Hall–Kier alpha value is -1.07. The molecule has 0 aliphatic carbocycles. The Morgan fingerprint density at radius 2 is 1.90 bits per heavy atom. The number of amides is 1. The number of carbonyl (C=O) groups is 1. The van der Waals surface area contributed by atoms with Crippen molar-refractivity contribution in [2.75, 3.05) is 0 Å². The van der Waals surface area contributed by atoms with Crippen LogP contribution in [0.2, 0.25) is 0 Å². The van der Waals surface area contributed by atoms with E-state index < -0.39 is 9.05 Å². The summed E-state index contributed by atoms with van der Waals surface area (Å²) < 4.78 is 22.9. The number of halogens is 1. The molecule has 0 aromatic heterocycles. The summed E-state index contributed by atoms with van der Waals surface area (Å²) in [5, 5.41) is 2.95. The number of aryl methyl sites for hydroxylation is 1. The summed E-state index contributed by atoms with van der Waals surface area (Å²) in [7, 11) is 1.51. The van der Waals surface area contributed by atoms with Gasteiger partial charge in [-0.1, -0.05) is 26.3 Å². The fraction of sp³-hybridized carbons (Fsp3) is 0.533. The second kappa shape index (κ2) is 6.79. The quantitative estimate of drug-likeness (QED) is 0.812. The Bertz CT molecular complexity index is 624. The van der Waals surface area contributed by atoms with E-state index in [0.29, 0.717) is 12.0 Å². The molecule has 0 heterocycles. The van der Waals surface area contributed by atoms with Crippen molar-refractivity contribution in [3.63, 3.8) is 0 Å². The van der Waals surface area contributed by atoms with Crippen molar-refractivity contribution in [1.82, 2.24) is 5.32 Å². The zero-order valence-electron chi connectivity index (χ0n) is 12.9. The highest BCUT2D eigenvalue weighted by atomic mass is 35.7. The highest BCUT2D eigenvalue weighted by Gasteiger charge is 2.23. The van der Waals surface area contributed by atoms with Gasteiger partial charge < -0.3 is 5.32 Å². The topological polar surface area (TPSA) is 63.2 Å². The van der Waals surface area contributed by atoms with Crippen molar-refractivity contribution < 1.29 is 13.2 Å². The number of rotatable bonds is 6. The van der Waals surface area contributed by atoms with Gasteiger partial charge in [0.15, 0.2) is 0 Å². The van der Waals surface area contributed by atoms with E-state index >= 15 is 0 Å². The molecule has 0 saturated heterocycles. The van der Waals surface area contributed by atoms with E-state index in [4.69, 9.17) is 10.7 Å². The first-order valence-electron chi connectivity index (χ1n) is 7.01. The van der Waals surface area contributed by atoms with Crippen LogP contribution in [0.25, 0.3) is 0 Å². The van der Waals surface area contributed by atoms with Crippen molar-refractivity contribution in [2.24, 2.45) is 0 Å². The second-order valence-corrected chi connectivity index (χ2v) is 8.26. The molecule has 118 valence electrons. The van der Waals surface area contributed by atoms with E-state index in [1.165, 1.54) is 12.1 Å². The second-order valence-electron chi connectivity index (χ2n) is 5.70. The lowest BCUT2D eigenvalue weighted by Gasteiger charge is -2.26. The van der Waals surface area contributed by atoms with Gasteiger partial charge in [-0.3, -0.25) is 4.79 Å². The lowest BCUT2D eigenvalue weighted by Crippen LogP contribution is -2.43. The van der Waals surface area contributed by atoms with Crippen LogP contribution in [0, 0.1) is 0 Å². The van der Waals surface area contributed by atoms with Gasteiger partial charge in [-0.05, 0) is 44.4 Å². The first kappa shape index (κ1) is 18.0. The molecule has 0 unspecified atom stereocenters. The Balaban J connectivity index is 3.18. The van der Waals surface area contributed by atoms with Crippen LogP contribution in [-0.2, 0) is 15.5 Å². The predicted octanol–water partition coefficient (Wildman–Crippen LogP) is 3.49. The fourth-order valence-corrected chi connectivity index (χ4v) is 3.07. The van der Waals surface area contributed by atoms with Gasteiger partial charge in [0.1, 0.15) is 0 Å². The average molecular weight is 332 g/mol. The standard InChI is InChI=1S/C15H22ClNO3S/c1-5-9-15(3,4)17-14(18)13-10-12(21(16,19)20)8-7-11(13)6-2/h7-8,10H,5-6,9H2,1-4H3,(H,17,18). The molecule has 6 heteroatoms. The highest BCUT2D eigenvalue weighted by molar-refractivity contribution is 8.13. The zero-order valence-corrected chi connectivity index (χ0v) is 14.4. The van der Waals surface area contributed by atoms with E-state index in [2.05, 4.69) is 5.32 Å². The number of benzene rings is 1. The smallest absolute Gasteiger partial charge is 0.261 e. The van der Waals surface area contributed by atoms with Crippen LogP contribution >= 0.6 is 10.7 Å². The van der Waals surface area contributed by atoms with Crippen LogP contribution in [0.4, 0.5) is 0 Å². The fourth-order valence-electron chi connectivity index (χ4n) is 2.29. The molecule has 1 N–H and O–H groups in total. The molecule has 0 aliphatic rings. The minimum Gasteiger partial charge on any atom is -0.347 e. The van der Waals surface area contributed by atoms with Gasteiger partial charge in [0.05, 0.1) is 4.90 Å². The van der Waals surface area contributed by atoms with Crippen molar-refractivity contribution in [3.05, 3.63) is 29.3 Å². The summed E-state index contributed by atoms with van der Waals surface area (Å²) in [6.07, 6.45) is 2.43. The molecule has 1 aromatic rings. The highest BCUT2D eigenvalue weighted by Crippen LogP contribution is 2.21. The predicted molar refractivity (Wildman–Crippen MR) is 85.3 cm³/mol. The van der Waals surface area contributed by atoms with Crippen LogP contribution < -0.4 is 5.32 Å². The maximum atomic E-state index is 12.4. The van der Waals surface area contributed by atoms with Gasteiger partial charge in [-0.2, -0.15) is 0 Å². The van der Waals surface area contributed by atoms with Gasteiger partial charge in [-0.15, -0.1) is 0 Å². The van der Waals surface area contributed by atoms with Crippen molar-refractivity contribution >= 4 is 25.6 Å². The van der Waals surface area contributed by atoms with Crippen LogP contribution in [0.5, 0.6) is 0 Å². The summed E-state index contributed by atoms with van der Waals surface area (Å²) in [5.74, 6) is -0.271. The molecular weight excluding hydrogens is 310 g/mol. The molecule has 4 nitrogen and oxygen atoms in total. The summed E-state index contributed by atoms with van der Waals surface area (Å²) in [4.78, 5) is 12.4. The lowest BCUT2D eigenvalue weighted by molar-refractivity contribution is 0.0908. The molecule has 21 heavy (non-hydrogen) atoms. The van der Waals surface area contributed by atoms with Crippen molar-refractivity contribution in [3.8, 4) is 0 Å². The van der Waals surface area contributed by atoms with E-state index in [1.807, 2.05) is 27.7 Å². The molecule has 1 amide bonds. The average Bonchev–Trinajstić information content (AvgIpc) is 2.36. The third kappa shape index (κ3) is 5.00. The van der Waals surface area contributed by atoms with Gasteiger partial charge in [0, 0.05) is 21.8 Å². The number of hydrogen-bond donors (Lipinski definition) is 1. The Labute approximate surface area is 131 Å². The van der Waals surface area contributed by atoms with E-state index in [1.54, 1.807) is 6.07 Å². The first-order valence-corrected chi connectivity index (χ1v) is 9.31. The van der Waals surface area contributed by atoms with Crippen LogP contribution in [0.15, 0.2) is 23.1 Å². The zero-order chi connectivity index (χ0) is 16.3.